The lowest BCUT2D eigenvalue weighted by Crippen LogP contribution is -2.67. The first-order valence-electron chi connectivity index (χ1n) is 7.96. The molecular weight excluding hydrogens is 316 g/mol. The highest BCUT2D eigenvalue weighted by atomic mass is 28.4. The summed E-state index contributed by atoms with van der Waals surface area (Å²) in [4.78, 5) is 21.0. The van der Waals surface area contributed by atoms with E-state index in [0.717, 1.165) is 0 Å². The van der Waals surface area contributed by atoms with Crippen LogP contribution >= 0.6 is 0 Å². The van der Waals surface area contributed by atoms with Crippen molar-refractivity contribution >= 4 is 14.5 Å². The van der Waals surface area contributed by atoms with Gasteiger partial charge in [-0.2, -0.15) is 4.89 Å². The molecule has 0 aromatic heterocycles. The maximum atomic E-state index is 11.0. The third kappa shape index (κ3) is 3.47. The fourth-order valence-electron chi connectivity index (χ4n) is 3.45. The molecule has 2 aliphatic heterocycles. The number of ether oxygens (including phenoxy) is 1. The number of fused-ring (bicyclic) bond motifs is 1. The maximum absolute atomic E-state index is 11.0. The molecule has 0 bridgehead atoms. The average Bonchev–Trinajstić information content (AvgIpc) is 2.41. The Morgan fingerprint density at radius 2 is 1.78 bits per heavy atom. The quantitative estimate of drug-likeness (QED) is 0.435. The number of carbonyl (C=O) groups excluding carboxylic acids is 1. The Morgan fingerprint density at radius 3 is 2.30 bits per heavy atom. The third-order valence-corrected chi connectivity index (χ3v) is 9.34. The van der Waals surface area contributed by atoms with Crippen molar-refractivity contribution in [3.05, 3.63) is 12.3 Å². The van der Waals surface area contributed by atoms with E-state index >= 15 is 0 Å². The Hall–Kier alpha value is -0.893. The van der Waals surface area contributed by atoms with E-state index in [0.29, 0.717) is 6.61 Å². The predicted molar refractivity (Wildman–Crippen MR) is 86.7 cm³/mol. The van der Waals surface area contributed by atoms with E-state index < -0.39 is 20.6 Å². The third-order valence-electron chi connectivity index (χ3n) is 4.22. The zero-order valence-electron chi connectivity index (χ0n) is 15.0. The van der Waals surface area contributed by atoms with Gasteiger partial charge >= 0.3 is 14.5 Å². The van der Waals surface area contributed by atoms with E-state index in [1.54, 1.807) is 12.3 Å². The Balaban J connectivity index is 2.29. The highest BCUT2D eigenvalue weighted by molar-refractivity contribution is 6.73. The summed E-state index contributed by atoms with van der Waals surface area (Å²) in [7, 11) is -2.63. The van der Waals surface area contributed by atoms with E-state index in [9.17, 15) is 4.79 Å². The van der Waals surface area contributed by atoms with Gasteiger partial charge in [0.1, 0.15) is 12.2 Å². The first-order chi connectivity index (χ1) is 10.5. The van der Waals surface area contributed by atoms with E-state index in [2.05, 4.69) is 41.5 Å². The Labute approximate surface area is 139 Å². The smallest absolute Gasteiger partial charge is 0.349 e. The molecule has 0 radical (unpaired) electrons. The summed E-state index contributed by atoms with van der Waals surface area (Å²) in [5.74, 6) is -0.497. The first-order valence-corrected chi connectivity index (χ1v) is 9.77. The van der Waals surface area contributed by atoms with Gasteiger partial charge in [0.15, 0.2) is 6.10 Å². The Morgan fingerprint density at radius 1 is 1.17 bits per heavy atom. The highest BCUT2D eigenvalue weighted by Crippen LogP contribution is 2.54. The monoisotopic (exact) mass is 344 g/mol. The lowest BCUT2D eigenvalue weighted by atomic mass is 10.1. The van der Waals surface area contributed by atoms with Crippen LogP contribution in [-0.2, 0) is 28.2 Å². The number of hydrogen-bond acceptors (Lipinski definition) is 6. The molecule has 3 atom stereocenters. The van der Waals surface area contributed by atoms with Crippen molar-refractivity contribution < 1.29 is 28.2 Å². The average molecular weight is 344 g/mol. The topological polar surface area (TPSA) is 63.2 Å². The molecule has 0 spiro atoms. The molecule has 0 aromatic carbocycles. The van der Waals surface area contributed by atoms with Crippen LogP contribution in [0, 0.1) is 0 Å². The SMILES string of the molecule is CC(=O)OO[C@@H]1C=CO[C@@H]2CO[Si](C(C)(C)C)(C(C)(C)C)O[C@H]12. The minimum Gasteiger partial charge on any atom is -0.493 e. The van der Waals surface area contributed by atoms with Gasteiger partial charge in [-0.25, -0.2) is 4.79 Å². The van der Waals surface area contributed by atoms with Crippen LogP contribution in [0.2, 0.25) is 10.1 Å². The standard InChI is InChI=1S/C16H28O6Si/c1-11(17)20-21-12-8-9-18-13-10-19-23(15(2,3)4,16(5,6)7)22-14(12)13/h8-9,12-14H,10H2,1-7H3/t12-,13-,14-/m1/s1. The van der Waals surface area contributed by atoms with Crippen LogP contribution in [0.25, 0.3) is 0 Å². The maximum Gasteiger partial charge on any atom is 0.349 e. The summed E-state index contributed by atoms with van der Waals surface area (Å²) in [6, 6.07) is 0. The molecule has 0 unspecified atom stereocenters. The number of carbonyl (C=O) groups is 1. The first kappa shape index (κ1) is 18.4. The van der Waals surface area contributed by atoms with Crippen molar-refractivity contribution in [2.45, 2.75) is 76.9 Å². The summed E-state index contributed by atoms with van der Waals surface area (Å²) >= 11 is 0. The Kier molecular flexibility index (Phi) is 4.97. The van der Waals surface area contributed by atoms with Gasteiger partial charge in [0.05, 0.1) is 12.9 Å². The minimum absolute atomic E-state index is 0.136. The lowest BCUT2D eigenvalue weighted by molar-refractivity contribution is -0.310. The van der Waals surface area contributed by atoms with E-state index in [-0.39, 0.29) is 22.3 Å². The zero-order valence-corrected chi connectivity index (χ0v) is 16.0. The van der Waals surface area contributed by atoms with Crippen LogP contribution in [0.15, 0.2) is 12.3 Å². The molecule has 0 aromatic rings. The van der Waals surface area contributed by atoms with Crippen LogP contribution in [0.1, 0.15) is 48.5 Å². The molecule has 132 valence electrons. The predicted octanol–water partition coefficient (Wildman–Crippen LogP) is 3.22. The van der Waals surface area contributed by atoms with Gasteiger partial charge < -0.3 is 13.6 Å². The molecule has 0 aliphatic carbocycles. The van der Waals surface area contributed by atoms with Crippen LogP contribution in [0.3, 0.4) is 0 Å². The van der Waals surface area contributed by atoms with Crippen molar-refractivity contribution in [3.8, 4) is 0 Å². The number of rotatable bonds is 2. The molecule has 1 saturated heterocycles. The normalized spacial score (nSPS) is 30.3. The lowest BCUT2D eigenvalue weighted by Gasteiger charge is -2.55. The largest absolute Gasteiger partial charge is 0.493 e. The summed E-state index contributed by atoms with van der Waals surface area (Å²) < 4.78 is 18.5. The van der Waals surface area contributed by atoms with Gasteiger partial charge in [-0.05, 0) is 6.08 Å². The molecular formula is C16H28O6Si. The molecule has 2 heterocycles. The second kappa shape index (κ2) is 6.20. The summed E-state index contributed by atoms with van der Waals surface area (Å²) in [6.45, 7) is 14.6. The summed E-state index contributed by atoms with van der Waals surface area (Å²) in [5.41, 5.74) is 0. The fourth-order valence-corrected chi connectivity index (χ4v) is 8.41. The van der Waals surface area contributed by atoms with E-state index in [4.69, 9.17) is 23.4 Å². The van der Waals surface area contributed by atoms with Crippen molar-refractivity contribution in [2.75, 3.05) is 6.61 Å². The van der Waals surface area contributed by atoms with Crippen LogP contribution < -0.4 is 0 Å². The molecule has 2 rings (SSSR count). The van der Waals surface area contributed by atoms with E-state index in [1.807, 2.05) is 0 Å². The van der Waals surface area contributed by atoms with Crippen molar-refractivity contribution in [2.24, 2.45) is 0 Å². The van der Waals surface area contributed by atoms with Crippen molar-refractivity contribution in [1.29, 1.82) is 0 Å². The molecule has 7 heteroatoms. The summed E-state index contributed by atoms with van der Waals surface area (Å²) in [6.07, 6.45) is 2.12. The van der Waals surface area contributed by atoms with Gasteiger partial charge in [0.25, 0.3) is 0 Å². The van der Waals surface area contributed by atoms with Gasteiger partial charge in [0, 0.05) is 17.0 Å². The van der Waals surface area contributed by atoms with Gasteiger partial charge in [-0.1, -0.05) is 41.5 Å². The molecule has 0 saturated carbocycles. The number of hydrogen-bond donors (Lipinski definition) is 0. The van der Waals surface area contributed by atoms with E-state index in [1.165, 1.54) is 6.92 Å². The van der Waals surface area contributed by atoms with Gasteiger partial charge in [-0.15, -0.1) is 0 Å². The molecule has 6 nitrogen and oxygen atoms in total. The highest BCUT2D eigenvalue weighted by Gasteiger charge is 2.63. The van der Waals surface area contributed by atoms with Crippen molar-refractivity contribution in [1.82, 2.24) is 0 Å². The minimum atomic E-state index is -2.63. The molecule has 1 fully saturated rings. The van der Waals surface area contributed by atoms with Crippen molar-refractivity contribution in [3.63, 3.8) is 0 Å². The zero-order chi connectivity index (χ0) is 17.5. The molecule has 0 amide bonds. The second-order valence-corrected chi connectivity index (χ2v) is 12.9. The fraction of sp³-hybridized carbons (Fsp3) is 0.812. The van der Waals surface area contributed by atoms with Crippen LogP contribution in [0.5, 0.6) is 0 Å². The van der Waals surface area contributed by atoms with Crippen LogP contribution in [0.4, 0.5) is 0 Å². The van der Waals surface area contributed by atoms with Gasteiger partial charge in [-0.3, -0.25) is 4.89 Å². The summed E-state index contributed by atoms with van der Waals surface area (Å²) in [5, 5.41) is -0.271. The van der Waals surface area contributed by atoms with Gasteiger partial charge in [0.2, 0.25) is 0 Å². The molecule has 0 N–H and O–H groups in total. The van der Waals surface area contributed by atoms with Crippen LogP contribution in [-0.4, -0.2) is 39.4 Å². The molecule has 23 heavy (non-hydrogen) atoms. The Bertz CT molecular complexity index is 462. The second-order valence-electron chi connectivity index (χ2n) is 8.15. The molecule has 2 aliphatic rings.